The number of nitrogen functional groups attached to an aromatic ring is 1. The van der Waals surface area contributed by atoms with Gasteiger partial charge in [-0.15, -0.1) is 0 Å². The van der Waals surface area contributed by atoms with Crippen LogP contribution in [-0.2, 0) is 6.54 Å². The van der Waals surface area contributed by atoms with Crippen molar-refractivity contribution in [2.24, 2.45) is 0 Å². The molecule has 20 heavy (non-hydrogen) atoms. The molecule has 1 aromatic carbocycles. The summed E-state index contributed by atoms with van der Waals surface area (Å²) in [7, 11) is 0. The molecule has 2 rings (SSSR count). The third kappa shape index (κ3) is 3.32. The molecule has 0 spiro atoms. The van der Waals surface area contributed by atoms with E-state index in [1.807, 2.05) is 26.0 Å². The maximum atomic E-state index is 12.0. The van der Waals surface area contributed by atoms with E-state index in [0.29, 0.717) is 30.0 Å². The minimum Gasteiger partial charge on any atom is -0.465 e. The second-order valence-corrected chi connectivity index (χ2v) is 4.53. The van der Waals surface area contributed by atoms with Gasteiger partial charge in [0, 0.05) is 17.9 Å². The second kappa shape index (κ2) is 6.14. The lowest BCUT2D eigenvalue weighted by atomic mass is 10.1. The normalized spacial score (nSPS) is 10.3. The molecule has 5 nitrogen and oxygen atoms in total. The molecule has 0 saturated heterocycles. The molecular formula is C15H19N3O2. The van der Waals surface area contributed by atoms with Crippen LogP contribution < -0.4 is 16.4 Å². The molecule has 1 aromatic heterocycles. The zero-order chi connectivity index (χ0) is 14.5. The Morgan fingerprint density at radius 2 is 2.10 bits per heavy atom. The number of nitrogens with one attached hydrogen (secondary N) is 2. The van der Waals surface area contributed by atoms with E-state index in [4.69, 9.17) is 10.2 Å². The van der Waals surface area contributed by atoms with Crippen LogP contribution >= 0.6 is 0 Å². The van der Waals surface area contributed by atoms with Crippen molar-refractivity contribution in [1.29, 1.82) is 0 Å². The monoisotopic (exact) mass is 273 g/mol. The van der Waals surface area contributed by atoms with Gasteiger partial charge < -0.3 is 20.8 Å². The van der Waals surface area contributed by atoms with Gasteiger partial charge in [0.05, 0.1) is 12.1 Å². The maximum Gasteiger partial charge on any atom is 0.253 e. The molecule has 0 saturated carbocycles. The number of carbonyl (C=O) groups is 1. The Balaban J connectivity index is 2.16. The fraction of sp³-hybridized carbons (Fsp3) is 0.267. The predicted molar refractivity (Wildman–Crippen MR) is 79.6 cm³/mol. The van der Waals surface area contributed by atoms with Crippen LogP contribution in [-0.4, -0.2) is 12.5 Å². The van der Waals surface area contributed by atoms with E-state index in [2.05, 4.69) is 10.6 Å². The number of aryl methyl sites for hydroxylation is 1. The lowest BCUT2D eigenvalue weighted by Crippen LogP contribution is -2.23. The number of amides is 1. The van der Waals surface area contributed by atoms with Crippen LogP contribution in [0.4, 0.5) is 11.4 Å². The average molecular weight is 273 g/mol. The third-order valence-electron chi connectivity index (χ3n) is 2.87. The van der Waals surface area contributed by atoms with Crippen LogP contribution in [0.25, 0.3) is 0 Å². The molecule has 0 fully saturated rings. The van der Waals surface area contributed by atoms with Crippen LogP contribution in [0.15, 0.2) is 34.7 Å². The zero-order valence-corrected chi connectivity index (χ0v) is 11.7. The highest BCUT2D eigenvalue weighted by molar-refractivity contribution is 6.00. The summed E-state index contributed by atoms with van der Waals surface area (Å²) in [6, 6.07) is 8.99. The standard InChI is InChI=1S/C15H19N3O2/c1-3-17-15(19)13-7-5-11(16)8-14(13)18-9-12-6-4-10(2)20-12/h4-8,18H,3,9,16H2,1-2H3,(H,17,19). The van der Waals surface area contributed by atoms with E-state index >= 15 is 0 Å². The first-order valence-corrected chi connectivity index (χ1v) is 6.57. The number of hydrogen-bond acceptors (Lipinski definition) is 4. The van der Waals surface area contributed by atoms with Crippen molar-refractivity contribution < 1.29 is 9.21 Å². The SMILES string of the molecule is CCNC(=O)c1ccc(N)cc1NCc1ccc(C)o1. The van der Waals surface area contributed by atoms with Crippen LogP contribution in [0, 0.1) is 6.92 Å². The Morgan fingerprint density at radius 1 is 1.30 bits per heavy atom. The predicted octanol–water partition coefficient (Wildman–Crippen LogP) is 2.53. The Labute approximate surface area is 118 Å². The first-order chi connectivity index (χ1) is 9.60. The topological polar surface area (TPSA) is 80.3 Å². The summed E-state index contributed by atoms with van der Waals surface area (Å²) in [4.78, 5) is 12.0. The minimum atomic E-state index is -0.120. The molecule has 0 aliphatic carbocycles. The van der Waals surface area contributed by atoms with Gasteiger partial charge in [-0.25, -0.2) is 0 Å². The van der Waals surface area contributed by atoms with Gasteiger partial charge in [0.25, 0.3) is 5.91 Å². The number of furan rings is 1. The van der Waals surface area contributed by atoms with Crippen molar-refractivity contribution in [2.45, 2.75) is 20.4 Å². The van der Waals surface area contributed by atoms with Crippen molar-refractivity contribution >= 4 is 17.3 Å². The van der Waals surface area contributed by atoms with Gasteiger partial charge in [0.1, 0.15) is 11.5 Å². The van der Waals surface area contributed by atoms with E-state index in [9.17, 15) is 4.79 Å². The molecule has 0 aliphatic rings. The van der Waals surface area contributed by atoms with E-state index in [0.717, 1.165) is 11.5 Å². The van der Waals surface area contributed by atoms with Crippen LogP contribution in [0.3, 0.4) is 0 Å². The molecule has 5 heteroatoms. The fourth-order valence-corrected chi connectivity index (χ4v) is 1.92. The highest BCUT2D eigenvalue weighted by atomic mass is 16.3. The molecule has 106 valence electrons. The molecule has 2 aromatic rings. The van der Waals surface area contributed by atoms with Crippen LogP contribution in [0.2, 0.25) is 0 Å². The summed E-state index contributed by atoms with van der Waals surface area (Å²) in [5.41, 5.74) is 7.66. The Morgan fingerprint density at radius 3 is 2.75 bits per heavy atom. The lowest BCUT2D eigenvalue weighted by molar-refractivity contribution is 0.0956. The van der Waals surface area contributed by atoms with Gasteiger partial charge in [0.2, 0.25) is 0 Å². The molecule has 1 heterocycles. The van der Waals surface area contributed by atoms with E-state index in [1.165, 1.54) is 0 Å². The summed E-state index contributed by atoms with van der Waals surface area (Å²) in [6.45, 7) is 4.86. The van der Waals surface area contributed by atoms with Crippen molar-refractivity contribution in [1.82, 2.24) is 5.32 Å². The van der Waals surface area contributed by atoms with Crippen LogP contribution in [0.5, 0.6) is 0 Å². The van der Waals surface area contributed by atoms with Gasteiger partial charge in [-0.1, -0.05) is 0 Å². The van der Waals surface area contributed by atoms with Crippen molar-refractivity contribution in [3.8, 4) is 0 Å². The number of hydrogen-bond donors (Lipinski definition) is 3. The molecular weight excluding hydrogens is 254 g/mol. The minimum absolute atomic E-state index is 0.120. The molecule has 0 aliphatic heterocycles. The molecule has 1 amide bonds. The largest absolute Gasteiger partial charge is 0.465 e. The molecule has 0 atom stereocenters. The summed E-state index contributed by atoms with van der Waals surface area (Å²) in [6.07, 6.45) is 0. The fourth-order valence-electron chi connectivity index (χ4n) is 1.92. The van der Waals surface area contributed by atoms with E-state index in [-0.39, 0.29) is 5.91 Å². The number of carbonyl (C=O) groups excluding carboxylic acids is 1. The summed E-state index contributed by atoms with van der Waals surface area (Å²) < 4.78 is 5.49. The lowest BCUT2D eigenvalue weighted by Gasteiger charge is -2.11. The molecule has 0 unspecified atom stereocenters. The molecule has 0 radical (unpaired) electrons. The summed E-state index contributed by atoms with van der Waals surface area (Å²) >= 11 is 0. The highest BCUT2D eigenvalue weighted by Crippen LogP contribution is 2.20. The zero-order valence-electron chi connectivity index (χ0n) is 11.7. The first-order valence-electron chi connectivity index (χ1n) is 6.57. The van der Waals surface area contributed by atoms with E-state index < -0.39 is 0 Å². The average Bonchev–Trinajstić information content (AvgIpc) is 2.82. The maximum absolute atomic E-state index is 12.0. The van der Waals surface area contributed by atoms with Crippen molar-refractivity contribution in [3.05, 3.63) is 47.4 Å². The molecule has 0 bridgehead atoms. The quantitative estimate of drug-likeness (QED) is 0.731. The van der Waals surface area contributed by atoms with Crippen molar-refractivity contribution in [2.75, 3.05) is 17.6 Å². The van der Waals surface area contributed by atoms with E-state index in [1.54, 1.807) is 18.2 Å². The van der Waals surface area contributed by atoms with Gasteiger partial charge >= 0.3 is 0 Å². The number of anilines is 2. The molecule has 4 N–H and O–H groups in total. The number of benzene rings is 1. The Kier molecular flexibility index (Phi) is 4.30. The first kappa shape index (κ1) is 14.0. The Hall–Kier alpha value is -2.43. The van der Waals surface area contributed by atoms with Crippen molar-refractivity contribution in [3.63, 3.8) is 0 Å². The van der Waals surface area contributed by atoms with Crippen LogP contribution in [0.1, 0.15) is 28.8 Å². The summed E-state index contributed by atoms with van der Waals surface area (Å²) in [5.74, 6) is 1.55. The number of rotatable bonds is 5. The van der Waals surface area contributed by atoms with Gasteiger partial charge in [-0.2, -0.15) is 0 Å². The number of nitrogens with two attached hydrogens (primary N) is 1. The van der Waals surface area contributed by atoms with Gasteiger partial charge in [-0.3, -0.25) is 4.79 Å². The smallest absolute Gasteiger partial charge is 0.253 e. The summed E-state index contributed by atoms with van der Waals surface area (Å²) in [5, 5.41) is 5.97. The van der Waals surface area contributed by atoms with Gasteiger partial charge in [-0.05, 0) is 44.2 Å². The Bertz CT molecular complexity index is 605. The second-order valence-electron chi connectivity index (χ2n) is 4.53. The highest BCUT2D eigenvalue weighted by Gasteiger charge is 2.11. The van der Waals surface area contributed by atoms with Gasteiger partial charge in [0.15, 0.2) is 0 Å². The third-order valence-corrected chi connectivity index (χ3v) is 2.87.